The summed E-state index contributed by atoms with van der Waals surface area (Å²) in [6.45, 7) is 7.24. The van der Waals surface area contributed by atoms with Crippen molar-refractivity contribution in [1.29, 1.82) is 0 Å². The van der Waals surface area contributed by atoms with Crippen LogP contribution in [0.15, 0.2) is 16.7 Å². The van der Waals surface area contributed by atoms with E-state index in [4.69, 9.17) is 9.26 Å². The lowest BCUT2D eigenvalue weighted by Gasteiger charge is -2.17. The first-order chi connectivity index (χ1) is 6.87. The number of carbonyl (C=O) groups is 1. The smallest absolute Gasteiger partial charge is 0.331 e. The highest BCUT2D eigenvalue weighted by Gasteiger charge is 2.13. The first-order valence-corrected chi connectivity index (χ1v) is 4.71. The van der Waals surface area contributed by atoms with E-state index < -0.39 is 5.60 Å². The zero-order chi connectivity index (χ0) is 11.5. The van der Waals surface area contributed by atoms with Crippen LogP contribution in [0, 0.1) is 6.92 Å². The minimum Gasteiger partial charge on any atom is -0.457 e. The topological polar surface area (TPSA) is 52.3 Å². The van der Waals surface area contributed by atoms with Crippen LogP contribution in [0.25, 0.3) is 6.08 Å². The number of hydrogen-bond acceptors (Lipinski definition) is 4. The predicted octanol–water partition coefficient (Wildman–Crippen LogP) is 2.34. The van der Waals surface area contributed by atoms with Crippen molar-refractivity contribution in [2.75, 3.05) is 0 Å². The molecule has 1 aromatic rings. The highest BCUT2D eigenvalue weighted by atomic mass is 16.6. The van der Waals surface area contributed by atoms with E-state index in [1.807, 2.05) is 20.8 Å². The van der Waals surface area contributed by atoms with Gasteiger partial charge in [-0.1, -0.05) is 5.16 Å². The molecule has 0 unspecified atom stereocenters. The van der Waals surface area contributed by atoms with E-state index in [0.29, 0.717) is 11.5 Å². The van der Waals surface area contributed by atoms with Crippen LogP contribution >= 0.6 is 0 Å². The minimum absolute atomic E-state index is 0.386. The number of aromatic nitrogens is 1. The Hall–Kier alpha value is -1.58. The molecule has 0 radical (unpaired) electrons. The zero-order valence-corrected chi connectivity index (χ0v) is 9.40. The third-order valence-electron chi connectivity index (χ3n) is 1.44. The van der Waals surface area contributed by atoms with Crippen molar-refractivity contribution in [2.24, 2.45) is 0 Å². The van der Waals surface area contributed by atoms with Gasteiger partial charge in [0.15, 0.2) is 0 Å². The Morgan fingerprint density at radius 1 is 1.53 bits per heavy atom. The van der Waals surface area contributed by atoms with Crippen LogP contribution in [-0.4, -0.2) is 16.7 Å². The molecular formula is C11H15NO3. The van der Waals surface area contributed by atoms with Crippen molar-refractivity contribution in [3.63, 3.8) is 0 Å². The molecule has 0 atom stereocenters. The standard InChI is InChI=1S/C11H15NO3/c1-8-7-9(12-15-8)5-6-10(13)14-11(2,3)4/h5-7H,1-4H3. The number of nitrogens with zero attached hydrogens (tertiary/aromatic N) is 1. The fraction of sp³-hybridized carbons (Fsp3) is 0.455. The highest BCUT2D eigenvalue weighted by Crippen LogP contribution is 2.08. The largest absolute Gasteiger partial charge is 0.457 e. The highest BCUT2D eigenvalue weighted by molar-refractivity contribution is 5.86. The van der Waals surface area contributed by atoms with Crippen molar-refractivity contribution in [2.45, 2.75) is 33.3 Å². The molecule has 4 nitrogen and oxygen atoms in total. The SMILES string of the molecule is Cc1cc(C=CC(=O)OC(C)(C)C)no1. The number of esters is 1. The molecule has 0 aromatic carbocycles. The molecule has 0 aliphatic rings. The molecule has 0 aliphatic carbocycles. The van der Waals surface area contributed by atoms with Gasteiger partial charge in [-0.25, -0.2) is 4.79 Å². The number of rotatable bonds is 2. The molecule has 0 fully saturated rings. The Bertz CT molecular complexity index is 371. The maximum atomic E-state index is 11.3. The minimum atomic E-state index is -0.471. The summed E-state index contributed by atoms with van der Waals surface area (Å²) in [5.74, 6) is 0.321. The van der Waals surface area contributed by atoms with Crippen molar-refractivity contribution in [3.05, 3.63) is 23.6 Å². The summed E-state index contributed by atoms with van der Waals surface area (Å²) in [6, 6.07) is 1.74. The number of hydrogen-bond donors (Lipinski definition) is 0. The summed E-state index contributed by atoms with van der Waals surface area (Å²) < 4.78 is 9.93. The lowest BCUT2D eigenvalue weighted by Crippen LogP contribution is -2.22. The third-order valence-corrected chi connectivity index (χ3v) is 1.44. The Kier molecular flexibility index (Phi) is 3.29. The van der Waals surface area contributed by atoms with Crippen LogP contribution in [-0.2, 0) is 9.53 Å². The van der Waals surface area contributed by atoms with Gasteiger partial charge in [-0.2, -0.15) is 0 Å². The van der Waals surface area contributed by atoms with E-state index in [0.717, 1.165) is 0 Å². The van der Waals surface area contributed by atoms with Crippen LogP contribution < -0.4 is 0 Å². The summed E-state index contributed by atoms with van der Waals surface area (Å²) in [4.78, 5) is 11.3. The summed E-state index contributed by atoms with van der Waals surface area (Å²) in [5.41, 5.74) is 0.139. The van der Waals surface area contributed by atoms with Gasteiger partial charge in [0.05, 0.1) is 0 Å². The van der Waals surface area contributed by atoms with E-state index in [1.54, 1.807) is 19.1 Å². The first-order valence-electron chi connectivity index (χ1n) is 4.71. The van der Waals surface area contributed by atoms with Gasteiger partial charge in [0.25, 0.3) is 0 Å². The van der Waals surface area contributed by atoms with E-state index in [-0.39, 0.29) is 5.97 Å². The van der Waals surface area contributed by atoms with Crippen molar-refractivity contribution in [3.8, 4) is 0 Å². The van der Waals surface area contributed by atoms with E-state index in [1.165, 1.54) is 6.08 Å². The third kappa shape index (κ3) is 4.44. The van der Waals surface area contributed by atoms with E-state index in [2.05, 4.69) is 5.16 Å². The molecule has 0 spiro atoms. The second-order valence-corrected chi connectivity index (χ2v) is 4.23. The van der Waals surface area contributed by atoms with Crippen LogP contribution in [0.5, 0.6) is 0 Å². The Morgan fingerprint density at radius 2 is 2.20 bits per heavy atom. The lowest BCUT2D eigenvalue weighted by molar-refractivity contribution is -0.148. The maximum Gasteiger partial charge on any atom is 0.331 e. The van der Waals surface area contributed by atoms with Gasteiger partial charge in [-0.15, -0.1) is 0 Å². The maximum absolute atomic E-state index is 11.3. The second kappa shape index (κ2) is 4.29. The molecule has 0 saturated carbocycles. The van der Waals surface area contributed by atoms with Gasteiger partial charge in [0.1, 0.15) is 17.1 Å². The normalized spacial score (nSPS) is 12.0. The lowest BCUT2D eigenvalue weighted by atomic mass is 10.2. The number of carbonyl (C=O) groups excluding carboxylic acids is 1. The number of aryl methyl sites for hydroxylation is 1. The van der Waals surface area contributed by atoms with Gasteiger partial charge in [0.2, 0.25) is 0 Å². The van der Waals surface area contributed by atoms with E-state index in [9.17, 15) is 4.79 Å². The molecule has 0 bridgehead atoms. The van der Waals surface area contributed by atoms with Gasteiger partial charge >= 0.3 is 5.97 Å². The molecule has 0 amide bonds. The molecule has 4 heteroatoms. The molecule has 1 heterocycles. The van der Waals surface area contributed by atoms with Crippen molar-refractivity contribution < 1.29 is 14.1 Å². The molecule has 0 N–H and O–H groups in total. The first kappa shape index (κ1) is 11.5. The number of ether oxygens (including phenoxy) is 1. The molecule has 15 heavy (non-hydrogen) atoms. The Morgan fingerprint density at radius 3 is 2.67 bits per heavy atom. The van der Waals surface area contributed by atoms with Crippen LogP contribution in [0.1, 0.15) is 32.2 Å². The summed E-state index contributed by atoms with van der Waals surface area (Å²) in [5, 5.41) is 3.71. The monoisotopic (exact) mass is 209 g/mol. The summed E-state index contributed by atoms with van der Waals surface area (Å²) in [6.07, 6.45) is 2.90. The van der Waals surface area contributed by atoms with Gasteiger partial charge < -0.3 is 9.26 Å². The molecule has 0 aliphatic heterocycles. The quantitative estimate of drug-likeness (QED) is 0.554. The molecule has 1 aromatic heterocycles. The second-order valence-electron chi connectivity index (χ2n) is 4.23. The van der Waals surface area contributed by atoms with Crippen LogP contribution in [0.3, 0.4) is 0 Å². The van der Waals surface area contributed by atoms with Crippen molar-refractivity contribution >= 4 is 12.0 Å². The summed E-state index contributed by atoms with van der Waals surface area (Å²) >= 11 is 0. The van der Waals surface area contributed by atoms with Gasteiger partial charge in [-0.3, -0.25) is 0 Å². The van der Waals surface area contributed by atoms with Crippen molar-refractivity contribution in [1.82, 2.24) is 5.16 Å². The van der Waals surface area contributed by atoms with E-state index >= 15 is 0 Å². The van der Waals surface area contributed by atoms with Gasteiger partial charge in [-0.05, 0) is 33.8 Å². The Balaban J connectivity index is 2.55. The average molecular weight is 209 g/mol. The van der Waals surface area contributed by atoms with Crippen LogP contribution in [0.2, 0.25) is 0 Å². The predicted molar refractivity (Wildman–Crippen MR) is 56.1 cm³/mol. The molecule has 1 rings (SSSR count). The Labute approximate surface area is 88.9 Å². The van der Waals surface area contributed by atoms with Gasteiger partial charge in [0, 0.05) is 12.1 Å². The van der Waals surface area contributed by atoms with Crippen LogP contribution in [0.4, 0.5) is 0 Å². The molecular weight excluding hydrogens is 194 g/mol. The average Bonchev–Trinajstić information content (AvgIpc) is 2.45. The fourth-order valence-corrected chi connectivity index (χ4v) is 0.953. The molecule has 0 saturated heterocycles. The summed E-state index contributed by atoms with van der Waals surface area (Å²) in [7, 11) is 0. The zero-order valence-electron chi connectivity index (χ0n) is 9.40. The fourth-order valence-electron chi connectivity index (χ4n) is 0.953. The molecule has 82 valence electrons.